The molecular formula is C84H125N19O23. The van der Waals surface area contributed by atoms with E-state index in [-0.39, 0.29) is 113 Å². The van der Waals surface area contributed by atoms with Crippen LogP contribution in [0.3, 0.4) is 0 Å². The third-order valence-electron chi connectivity index (χ3n) is 20.3. The molecule has 14 atom stereocenters. The smallest absolute Gasteiger partial charge is 0.313 e. The number of carbonyl (C=O) groups excluding carboxylic acids is 16. The zero-order valence-corrected chi connectivity index (χ0v) is 72.7. The molecule has 1 aliphatic heterocycles. The van der Waals surface area contributed by atoms with Crippen LogP contribution in [0.2, 0.25) is 0 Å². The van der Waals surface area contributed by atoms with Gasteiger partial charge < -0.3 is 112 Å². The minimum absolute atomic E-state index is 0.000728. The van der Waals surface area contributed by atoms with Gasteiger partial charge in [0.05, 0.1) is 31.2 Å². The standard InChI is InChI=1S/C84H125N19O23/c1-11-47(8)68-82(123)94-56(30-33-64(104)105)73(114)88-36-20-27-54(87)72(113)95-58(38-44(2)3)79(120)100-67(46(6)7)81(122)99-61(41-50-24-16-13-17-25-50)78(119)97-60(40-49-22-14-12-15-23-49)77(118)90-48(9)69(110)92-57(31-34-65(106)107)76(117)98-62(43-66(108)109)74(115)89-37-21-26-53(86)71(112)93-55(28-18-19-35-85)75(116)96-59(39-45(4)5)80(121)103-102-70(111)52-42-51(29-32-63(52)126-10)91-83(124)84(125)101-68/h12-17,22-25,29,32,42,44-48,53-62,67-68H,11,18-21,26-28,30-31,33-41,43,85-87H2,1-10H3,(H,88,114)(H,89,115)(H,90,118)(H,91,124)(H,92,110)(H,93,112)(H,94,123)(H,95,113)(H,96,116)(H,97,119)(H,98,117)(H,99,122)(H,100,120)(H,101,125)(H,102,111)(H,103,121)(H,104,105)(H,106,107)(H,108,109)/t47-,48-,53-,54-,55-,56-,57-,58-,59-,60-,61-,62-,67-,68-/m0/s1. The molecule has 3 aromatic rings. The summed E-state index contributed by atoms with van der Waals surface area (Å²) in [6, 6.07) is 0.784. The van der Waals surface area contributed by atoms with E-state index in [2.05, 4.69) is 85.3 Å². The fourth-order valence-corrected chi connectivity index (χ4v) is 13.0. The second-order valence-electron chi connectivity index (χ2n) is 32.1. The van der Waals surface area contributed by atoms with Gasteiger partial charge in [0.1, 0.15) is 72.2 Å². The van der Waals surface area contributed by atoms with E-state index in [0.29, 0.717) is 24.0 Å². The average molecular weight is 1770 g/mol. The number of fused-ring (bicyclic) bond motifs is 2. The number of amides is 16. The third-order valence-corrected chi connectivity index (χ3v) is 20.3. The number of hydrogen-bond donors (Lipinski definition) is 22. The minimum atomic E-state index is -1.87. The highest BCUT2D eigenvalue weighted by Crippen LogP contribution is 2.24. The van der Waals surface area contributed by atoms with Crippen LogP contribution in [-0.4, -0.2) is 233 Å². The normalized spacial score (nSPS) is 24.0. The highest BCUT2D eigenvalue weighted by Gasteiger charge is 2.39. The molecule has 0 saturated carbocycles. The first-order valence-electron chi connectivity index (χ1n) is 42.0. The van der Waals surface area contributed by atoms with E-state index in [4.69, 9.17) is 21.9 Å². The summed E-state index contributed by atoms with van der Waals surface area (Å²) < 4.78 is 5.37. The molecule has 42 heteroatoms. The van der Waals surface area contributed by atoms with Crippen molar-refractivity contribution in [1.29, 1.82) is 0 Å². The lowest BCUT2D eigenvalue weighted by atomic mass is 9.97. The third kappa shape index (κ3) is 37.4. The number of benzene rings is 3. The number of hydrogen-bond acceptors (Lipinski definition) is 23. The van der Waals surface area contributed by atoms with Crippen LogP contribution in [0, 0.1) is 23.7 Å². The Bertz CT molecular complexity index is 4250. The summed E-state index contributed by atoms with van der Waals surface area (Å²) in [7, 11) is 1.20. The van der Waals surface area contributed by atoms with Gasteiger partial charge in [0.25, 0.3) is 11.8 Å². The maximum absolute atomic E-state index is 14.9. The van der Waals surface area contributed by atoms with Crippen molar-refractivity contribution in [1.82, 2.24) is 80.0 Å². The van der Waals surface area contributed by atoms with Crippen LogP contribution in [0.15, 0.2) is 78.9 Å². The van der Waals surface area contributed by atoms with Gasteiger partial charge in [-0.2, -0.15) is 0 Å². The van der Waals surface area contributed by atoms with Gasteiger partial charge >= 0.3 is 29.7 Å². The highest BCUT2D eigenvalue weighted by molar-refractivity contribution is 6.40. The first-order valence-corrected chi connectivity index (χ1v) is 42.0. The number of rotatable bonds is 24. The molecular weight excluding hydrogens is 1640 g/mol. The van der Waals surface area contributed by atoms with Crippen molar-refractivity contribution in [2.24, 2.45) is 40.9 Å². The molecule has 126 heavy (non-hydrogen) atoms. The molecule has 25 N–H and O–H groups in total. The van der Waals surface area contributed by atoms with E-state index in [0.717, 1.165) is 6.07 Å². The summed E-state index contributed by atoms with van der Waals surface area (Å²) in [4.78, 5) is 261. The van der Waals surface area contributed by atoms with Crippen molar-refractivity contribution in [3.63, 3.8) is 0 Å². The molecule has 0 radical (unpaired) electrons. The van der Waals surface area contributed by atoms with E-state index in [9.17, 15) is 106 Å². The minimum Gasteiger partial charge on any atom is -0.496 e. The van der Waals surface area contributed by atoms with E-state index >= 15 is 0 Å². The summed E-state index contributed by atoms with van der Waals surface area (Å²) >= 11 is 0. The van der Waals surface area contributed by atoms with Gasteiger partial charge in [-0.15, -0.1) is 0 Å². The second-order valence-corrected chi connectivity index (χ2v) is 32.1. The maximum atomic E-state index is 14.9. The first-order chi connectivity index (χ1) is 59.6. The number of aliphatic carboxylic acids is 3. The van der Waals surface area contributed by atoms with Gasteiger partial charge in [0.2, 0.25) is 70.9 Å². The summed E-state index contributed by atoms with van der Waals surface area (Å²) in [6.07, 6.45) is -3.43. The van der Waals surface area contributed by atoms with Crippen LogP contribution in [0.4, 0.5) is 5.69 Å². The van der Waals surface area contributed by atoms with Crippen molar-refractivity contribution in [2.75, 3.05) is 32.1 Å². The van der Waals surface area contributed by atoms with Crippen LogP contribution < -0.4 is 107 Å². The van der Waals surface area contributed by atoms with Crippen LogP contribution in [-0.2, 0) is 99.1 Å². The second kappa shape index (κ2) is 54.1. The predicted octanol–water partition coefficient (Wildman–Crippen LogP) is -2.18. The van der Waals surface area contributed by atoms with E-state index in [1.165, 1.54) is 26.2 Å². The van der Waals surface area contributed by atoms with Crippen LogP contribution >= 0.6 is 0 Å². The Morgan fingerprint density at radius 1 is 0.437 bits per heavy atom. The van der Waals surface area contributed by atoms with Crippen LogP contribution in [0.1, 0.15) is 180 Å². The Hall–Kier alpha value is -12.7. The van der Waals surface area contributed by atoms with Crippen LogP contribution in [0.25, 0.3) is 0 Å². The van der Waals surface area contributed by atoms with Gasteiger partial charge in [-0.25, -0.2) is 0 Å². The van der Waals surface area contributed by atoms with Gasteiger partial charge in [-0.1, -0.05) is 122 Å². The zero-order valence-electron chi connectivity index (χ0n) is 72.7. The van der Waals surface area contributed by atoms with Crippen molar-refractivity contribution < 1.29 is 111 Å². The van der Waals surface area contributed by atoms with Crippen molar-refractivity contribution in [3.8, 4) is 5.75 Å². The molecule has 0 aliphatic carbocycles. The predicted molar refractivity (Wildman–Crippen MR) is 457 cm³/mol. The summed E-state index contributed by atoms with van der Waals surface area (Å²) in [5.74, 6) is -22.5. The number of nitrogens with two attached hydrogens (primary N) is 3. The number of carbonyl (C=O) groups is 19. The number of carboxylic acids is 3. The van der Waals surface area contributed by atoms with E-state index in [1.54, 1.807) is 116 Å². The van der Waals surface area contributed by atoms with Gasteiger partial charge in [-0.3, -0.25) is 102 Å². The van der Waals surface area contributed by atoms with Crippen molar-refractivity contribution >= 4 is 118 Å². The van der Waals surface area contributed by atoms with Gasteiger partial charge in [0.15, 0.2) is 0 Å². The quantitative estimate of drug-likeness (QED) is 0.0335. The average Bonchev–Trinajstić information content (AvgIpc) is 0.836. The van der Waals surface area contributed by atoms with Crippen molar-refractivity contribution in [3.05, 3.63) is 95.6 Å². The van der Waals surface area contributed by atoms with Crippen LogP contribution in [0.5, 0.6) is 5.75 Å². The van der Waals surface area contributed by atoms with Gasteiger partial charge in [0, 0.05) is 44.5 Å². The molecule has 3 aromatic carbocycles. The monoisotopic (exact) mass is 1770 g/mol. The molecule has 2 bridgehead atoms. The summed E-state index contributed by atoms with van der Waals surface area (Å²) in [6.45, 7) is 14.3. The first kappa shape index (κ1) is 106. The Morgan fingerprint density at radius 3 is 1.36 bits per heavy atom. The van der Waals surface area contributed by atoms with Crippen molar-refractivity contribution in [2.45, 2.75) is 250 Å². The number of anilines is 1. The lowest BCUT2D eigenvalue weighted by Gasteiger charge is -2.29. The Kier molecular flexibility index (Phi) is 45.4. The fourth-order valence-electron chi connectivity index (χ4n) is 13.0. The summed E-state index contributed by atoms with van der Waals surface area (Å²) in [5.41, 5.74) is 23.5. The van der Waals surface area contributed by atoms with Gasteiger partial charge in [-0.05, 0) is 137 Å². The molecule has 0 saturated heterocycles. The lowest BCUT2D eigenvalue weighted by Crippen LogP contribution is -2.61. The molecule has 4 rings (SSSR count). The number of hydrazine groups is 1. The Balaban J connectivity index is 1.75. The zero-order chi connectivity index (χ0) is 94.0. The molecule has 0 fully saturated rings. The molecule has 42 nitrogen and oxygen atoms in total. The Labute approximate surface area is 730 Å². The number of nitrogens with one attached hydrogen (secondary N) is 16. The topological polar surface area (TPSA) is 665 Å². The maximum Gasteiger partial charge on any atom is 0.313 e. The summed E-state index contributed by atoms with van der Waals surface area (Å²) in [5, 5.41) is 64.5. The number of carboxylic acid groups (broad SMARTS) is 3. The SMILES string of the molecule is CC[C@H](C)[C@@H]1NC(=O)C(=O)Nc2ccc(OC)c(c2)C(=O)NNC(=O)[C@H](CC(C)C)NC(=O)[C@H](CCCCN)NC(=O)[C@@H](N)CCCNC(=O)[C@H](CC(=O)O)NC(=O)[C@H](CCC(=O)O)NC(=O)[C@H](C)NC(=O)[C@H](Cc2ccccc2)NC(=O)[C@H](Cc2ccccc2)NC(=O)[C@H](C(C)C)NC(=O)[C@H](CC(C)C)NC(=O)[C@@H](N)CCCNC(=O)[C@H](CCC(=O)O)NC1=O. The highest BCUT2D eigenvalue weighted by atomic mass is 16.5. The number of unbranched alkanes of at least 4 members (excludes halogenated alkanes) is 1. The fraction of sp³-hybridized carbons (Fsp3) is 0.560. The molecule has 694 valence electrons. The number of ether oxygens (including phenoxy) is 1. The van der Waals surface area contributed by atoms with E-state index < -0.39 is 235 Å². The lowest BCUT2D eigenvalue weighted by molar-refractivity contribution is -0.141. The molecule has 0 aromatic heterocycles. The molecule has 16 amide bonds. The molecule has 1 heterocycles. The molecule has 1 aliphatic rings. The Morgan fingerprint density at radius 2 is 0.865 bits per heavy atom. The largest absolute Gasteiger partial charge is 0.496 e. The van der Waals surface area contributed by atoms with E-state index in [1.807, 2.05) is 0 Å². The molecule has 0 spiro atoms. The molecule has 0 unspecified atom stereocenters. The number of methoxy groups -OCH3 is 1.